The fourth-order valence-electron chi connectivity index (χ4n) is 7.17. The Hall–Kier alpha value is -4.41. The number of amides is 3. The molecule has 1 saturated carbocycles. The number of rotatable bonds is 6. The van der Waals surface area contributed by atoms with Crippen molar-refractivity contribution in [3.05, 3.63) is 53.5 Å². The largest absolute Gasteiger partial charge is 0.444 e. The summed E-state index contributed by atoms with van der Waals surface area (Å²) in [7, 11) is 0. The highest BCUT2D eigenvalue weighted by molar-refractivity contribution is 6.06. The summed E-state index contributed by atoms with van der Waals surface area (Å²) in [5, 5.41) is 7.48. The quantitative estimate of drug-likeness (QED) is 0.307. The molecule has 10 nitrogen and oxygen atoms in total. The standard InChI is InChI=1S/C36H44FN5O5/c1-35(2,3)47-34(46)41-18-21(19-41)33(45)40-24-10-8-23(9-11-24)39-27-14-20(6-12-25(27)32(38)44)31-26-13-7-22(37)15-28(26)42-29(31)16-36(4,5)17-30(42)43/h6-7,12-15,21,23-24,39H,8-11,16-19H2,1-5H3,(H2,38,44)(H,40,45)/t23-,24-. The summed E-state index contributed by atoms with van der Waals surface area (Å²) in [6, 6.07) is 10.1. The van der Waals surface area contributed by atoms with Crippen LogP contribution >= 0.6 is 0 Å². The van der Waals surface area contributed by atoms with Gasteiger partial charge in [0.2, 0.25) is 11.8 Å². The van der Waals surface area contributed by atoms with Crippen LogP contribution in [0.5, 0.6) is 0 Å². The second kappa shape index (κ2) is 12.0. The van der Waals surface area contributed by atoms with Crippen molar-refractivity contribution < 1.29 is 28.3 Å². The summed E-state index contributed by atoms with van der Waals surface area (Å²) >= 11 is 0. The lowest BCUT2D eigenvalue weighted by Crippen LogP contribution is -2.58. The van der Waals surface area contributed by atoms with Crippen LogP contribution in [0.15, 0.2) is 36.4 Å². The average molecular weight is 646 g/mol. The number of hydrogen-bond donors (Lipinski definition) is 3. The van der Waals surface area contributed by atoms with Gasteiger partial charge in [-0.05, 0) is 94.2 Å². The summed E-state index contributed by atoms with van der Waals surface area (Å²) in [6.07, 6.45) is 3.67. The first-order valence-corrected chi connectivity index (χ1v) is 16.4. The number of nitrogens with one attached hydrogen (secondary N) is 2. The van der Waals surface area contributed by atoms with E-state index in [0.29, 0.717) is 42.7 Å². The van der Waals surface area contributed by atoms with Crippen LogP contribution in [-0.4, -0.2) is 64.1 Å². The van der Waals surface area contributed by atoms with E-state index in [1.54, 1.807) is 21.6 Å². The zero-order chi connectivity index (χ0) is 33.8. The number of anilines is 1. The van der Waals surface area contributed by atoms with Gasteiger partial charge in [0.15, 0.2) is 0 Å². The number of primary amides is 1. The minimum atomic E-state index is -0.578. The Kier molecular flexibility index (Phi) is 8.30. The number of carbonyl (C=O) groups is 4. The average Bonchev–Trinajstić information content (AvgIpc) is 3.24. The number of likely N-dealkylation sites (tertiary alicyclic amines) is 1. The van der Waals surface area contributed by atoms with Crippen molar-refractivity contribution in [3.8, 4) is 11.1 Å². The molecule has 4 N–H and O–H groups in total. The predicted octanol–water partition coefficient (Wildman–Crippen LogP) is 5.87. The van der Waals surface area contributed by atoms with Gasteiger partial charge in [0.05, 0.1) is 17.0 Å². The Labute approximate surface area is 274 Å². The number of halogens is 1. The van der Waals surface area contributed by atoms with Crippen molar-refractivity contribution >= 4 is 40.4 Å². The van der Waals surface area contributed by atoms with E-state index in [1.165, 1.54) is 12.1 Å². The van der Waals surface area contributed by atoms with E-state index < -0.39 is 23.4 Å². The molecular formula is C36H44FN5O5. The van der Waals surface area contributed by atoms with Crippen molar-refractivity contribution in [2.24, 2.45) is 17.1 Å². The van der Waals surface area contributed by atoms with Crippen molar-refractivity contribution in [1.82, 2.24) is 14.8 Å². The molecule has 2 aliphatic heterocycles. The topological polar surface area (TPSA) is 136 Å². The number of benzene rings is 2. The fraction of sp³-hybridized carbons (Fsp3) is 0.500. The smallest absolute Gasteiger partial charge is 0.410 e. The molecule has 6 rings (SSSR count). The molecule has 3 heterocycles. The van der Waals surface area contributed by atoms with E-state index >= 15 is 0 Å². The molecule has 0 radical (unpaired) electrons. The summed E-state index contributed by atoms with van der Waals surface area (Å²) < 4.78 is 21.4. The lowest BCUT2D eigenvalue weighted by Gasteiger charge is -2.40. The zero-order valence-electron chi connectivity index (χ0n) is 27.7. The molecule has 250 valence electrons. The monoisotopic (exact) mass is 645 g/mol. The molecule has 1 saturated heterocycles. The molecule has 3 aromatic rings. The van der Waals surface area contributed by atoms with E-state index in [0.717, 1.165) is 47.9 Å². The maximum absolute atomic E-state index is 14.4. The molecule has 3 aliphatic rings. The molecule has 2 aromatic carbocycles. The minimum absolute atomic E-state index is 0.0265. The van der Waals surface area contributed by atoms with Crippen LogP contribution in [-0.2, 0) is 16.0 Å². The fourth-order valence-corrected chi connectivity index (χ4v) is 7.17. The van der Waals surface area contributed by atoms with Crippen LogP contribution in [0, 0.1) is 17.2 Å². The Morgan fingerprint density at radius 3 is 2.32 bits per heavy atom. The minimum Gasteiger partial charge on any atom is -0.444 e. The lowest BCUT2D eigenvalue weighted by molar-refractivity contribution is -0.130. The number of fused-ring (bicyclic) bond motifs is 3. The molecule has 47 heavy (non-hydrogen) atoms. The van der Waals surface area contributed by atoms with Gasteiger partial charge in [0.1, 0.15) is 11.4 Å². The third-order valence-corrected chi connectivity index (χ3v) is 9.46. The van der Waals surface area contributed by atoms with Gasteiger partial charge in [-0.2, -0.15) is 0 Å². The first-order chi connectivity index (χ1) is 22.1. The van der Waals surface area contributed by atoms with Gasteiger partial charge >= 0.3 is 6.09 Å². The van der Waals surface area contributed by atoms with E-state index in [9.17, 15) is 23.6 Å². The van der Waals surface area contributed by atoms with Crippen molar-refractivity contribution in [1.29, 1.82) is 0 Å². The van der Waals surface area contributed by atoms with Gasteiger partial charge in [0.25, 0.3) is 5.91 Å². The van der Waals surface area contributed by atoms with Gasteiger partial charge in [-0.1, -0.05) is 19.9 Å². The van der Waals surface area contributed by atoms with Gasteiger partial charge in [-0.3, -0.25) is 19.0 Å². The van der Waals surface area contributed by atoms with Crippen LogP contribution in [0.3, 0.4) is 0 Å². The highest BCUT2D eigenvalue weighted by Crippen LogP contribution is 2.44. The van der Waals surface area contributed by atoms with Crippen LogP contribution in [0.2, 0.25) is 0 Å². The van der Waals surface area contributed by atoms with Gasteiger partial charge in [-0.15, -0.1) is 0 Å². The first-order valence-electron chi connectivity index (χ1n) is 16.4. The predicted molar refractivity (Wildman–Crippen MR) is 178 cm³/mol. The third kappa shape index (κ3) is 6.71. The Bertz CT molecular complexity index is 1760. The second-order valence-corrected chi connectivity index (χ2v) is 15.1. The number of carbonyl (C=O) groups excluding carboxylic acids is 4. The lowest BCUT2D eigenvalue weighted by atomic mass is 9.80. The second-order valence-electron chi connectivity index (χ2n) is 15.1. The number of aromatic nitrogens is 1. The number of nitrogens with zero attached hydrogens (tertiary/aromatic N) is 2. The molecule has 11 heteroatoms. The first kappa shape index (κ1) is 32.5. The van der Waals surface area contributed by atoms with Crippen LogP contribution in [0.1, 0.15) is 87.6 Å². The van der Waals surface area contributed by atoms with E-state index in [2.05, 4.69) is 24.5 Å². The molecule has 0 unspecified atom stereocenters. The summed E-state index contributed by atoms with van der Waals surface area (Å²) in [5.74, 6) is -1.31. The summed E-state index contributed by atoms with van der Waals surface area (Å²) in [5.41, 5.74) is 8.98. The van der Waals surface area contributed by atoms with Crippen LogP contribution < -0.4 is 16.4 Å². The number of hydrogen-bond acceptors (Lipinski definition) is 6. The van der Waals surface area contributed by atoms with Crippen molar-refractivity contribution in [3.63, 3.8) is 0 Å². The molecular weight excluding hydrogens is 601 g/mol. The summed E-state index contributed by atoms with van der Waals surface area (Å²) in [4.78, 5) is 52.4. The normalized spacial score (nSPS) is 21.1. The van der Waals surface area contributed by atoms with Crippen LogP contribution in [0.4, 0.5) is 14.9 Å². The molecule has 0 bridgehead atoms. The number of ether oxygens (including phenoxy) is 1. The highest BCUT2D eigenvalue weighted by atomic mass is 19.1. The molecule has 2 fully saturated rings. The molecule has 1 aliphatic carbocycles. The van der Waals surface area contributed by atoms with Crippen molar-refractivity contribution in [2.75, 3.05) is 18.4 Å². The van der Waals surface area contributed by atoms with Gasteiger partial charge < -0.3 is 26.0 Å². The molecule has 1 aromatic heterocycles. The molecule has 0 spiro atoms. The van der Waals surface area contributed by atoms with Crippen molar-refractivity contribution in [2.45, 2.75) is 90.8 Å². The highest BCUT2D eigenvalue weighted by Gasteiger charge is 2.39. The van der Waals surface area contributed by atoms with E-state index in [1.807, 2.05) is 32.9 Å². The van der Waals surface area contributed by atoms with Crippen LogP contribution in [0.25, 0.3) is 22.0 Å². The number of nitrogens with two attached hydrogens (primary N) is 1. The van der Waals surface area contributed by atoms with Gasteiger partial charge in [0, 0.05) is 53.9 Å². The Balaban J connectivity index is 1.15. The Morgan fingerprint density at radius 2 is 1.66 bits per heavy atom. The maximum atomic E-state index is 14.4. The molecule has 0 atom stereocenters. The summed E-state index contributed by atoms with van der Waals surface area (Å²) in [6.45, 7) is 10.3. The van der Waals surface area contributed by atoms with Gasteiger partial charge in [-0.25, -0.2) is 9.18 Å². The Morgan fingerprint density at radius 1 is 0.979 bits per heavy atom. The zero-order valence-corrected chi connectivity index (χ0v) is 27.7. The SMILES string of the molecule is CC1(C)CC(=O)n2c(c(-c3ccc(C(N)=O)c(N[C@H]4CC[C@H](NC(=O)C5CN(C(=O)OC(C)(C)C)C5)CC4)c3)c3ccc(F)cc32)C1. The third-order valence-electron chi connectivity index (χ3n) is 9.46. The maximum Gasteiger partial charge on any atom is 0.410 e. The van der Waals surface area contributed by atoms with E-state index in [-0.39, 0.29) is 35.2 Å². The van der Waals surface area contributed by atoms with E-state index in [4.69, 9.17) is 10.5 Å². The molecule has 3 amide bonds.